The average Bonchev–Trinajstić information content (AvgIpc) is 2.02. The van der Waals surface area contributed by atoms with Gasteiger partial charge in [0, 0.05) is 12.1 Å². The summed E-state index contributed by atoms with van der Waals surface area (Å²) in [4.78, 5) is 0. The van der Waals surface area contributed by atoms with E-state index in [9.17, 15) is 0 Å². The zero-order valence-electron chi connectivity index (χ0n) is 8.69. The van der Waals surface area contributed by atoms with Crippen LogP contribution in [0.25, 0.3) is 0 Å². The highest BCUT2D eigenvalue weighted by Gasteiger charge is 2.14. The normalized spacial score (nSPS) is 17.4. The Morgan fingerprint density at radius 1 is 1.14 bits per heavy atom. The van der Waals surface area contributed by atoms with Crippen LogP contribution in [0.4, 0.5) is 0 Å². The molecule has 0 aliphatic heterocycles. The number of nitrogens with two attached hydrogens (primary N) is 3. The Hall–Kier alpha value is -0.690. The van der Waals surface area contributed by atoms with Gasteiger partial charge in [-0.05, 0) is 13.8 Å². The maximum atomic E-state index is 7.19. The first-order valence-electron chi connectivity index (χ1n) is 4.51. The third-order valence-electron chi connectivity index (χ3n) is 1.27. The average molecular weight is 204 g/mol. The Labute approximate surface area is 84.2 Å². The number of hydrogen-bond donors (Lipinski definition) is 4. The third-order valence-corrected chi connectivity index (χ3v) is 1.27. The molecule has 14 heavy (non-hydrogen) atoms. The van der Waals surface area contributed by atoms with Gasteiger partial charge in [-0.3, -0.25) is 5.41 Å². The van der Waals surface area contributed by atoms with E-state index < -0.39 is 6.29 Å². The highest BCUT2D eigenvalue weighted by Crippen LogP contribution is 1.96. The molecule has 0 bridgehead atoms. The van der Waals surface area contributed by atoms with Crippen LogP contribution in [0.5, 0.6) is 0 Å². The Bertz CT molecular complexity index is 161. The minimum atomic E-state index is -0.841. The number of hydrogen-bond acceptors (Lipinski definition) is 5. The number of ether oxygens (including phenoxy) is 2. The van der Waals surface area contributed by atoms with Gasteiger partial charge in [0.15, 0.2) is 0 Å². The molecule has 0 saturated heterocycles. The van der Waals surface area contributed by atoms with Crippen molar-refractivity contribution in [3.63, 3.8) is 0 Å². The van der Waals surface area contributed by atoms with Crippen molar-refractivity contribution in [1.29, 1.82) is 5.41 Å². The summed E-state index contributed by atoms with van der Waals surface area (Å²) in [5, 5.41) is 7.19. The molecule has 0 rings (SSSR count). The van der Waals surface area contributed by atoms with Gasteiger partial charge in [0.05, 0.1) is 13.2 Å². The van der Waals surface area contributed by atoms with Crippen LogP contribution in [0.2, 0.25) is 0 Å². The number of rotatable bonds is 7. The Kier molecular flexibility index (Phi) is 6.39. The molecule has 2 atom stereocenters. The molecule has 0 aliphatic carbocycles. The molecule has 0 aromatic rings. The quantitative estimate of drug-likeness (QED) is 0.240. The van der Waals surface area contributed by atoms with Gasteiger partial charge in [-0.15, -0.1) is 0 Å². The lowest BCUT2D eigenvalue weighted by atomic mass is 10.4. The summed E-state index contributed by atoms with van der Waals surface area (Å²) in [5.74, 6) is -0.175. The molecule has 0 amide bonds. The van der Waals surface area contributed by atoms with E-state index in [1.54, 1.807) is 13.8 Å². The van der Waals surface area contributed by atoms with E-state index in [4.69, 9.17) is 32.1 Å². The second kappa shape index (κ2) is 6.72. The van der Waals surface area contributed by atoms with Crippen molar-refractivity contribution in [1.82, 2.24) is 0 Å². The molecule has 0 fully saturated rings. The van der Waals surface area contributed by atoms with E-state index >= 15 is 0 Å². The van der Waals surface area contributed by atoms with Crippen LogP contribution in [0, 0.1) is 5.41 Å². The van der Waals surface area contributed by atoms with Crippen molar-refractivity contribution in [2.24, 2.45) is 17.2 Å². The van der Waals surface area contributed by atoms with Crippen LogP contribution in [0.1, 0.15) is 13.8 Å². The fourth-order valence-electron chi connectivity index (χ4n) is 0.706. The maximum absolute atomic E-state index is 7.19. The van der Waals surface area contributed by atoms with E-state index in [1.807, 2.05) is 0 Å². The van der Waals surface area contributed by atoms with Crippen molar-refractivity contribution in [3.8, 4) is 0 Å². The van der Waals surface area contributed by atoms with Crippen molar-refractivity contribution >= 4 is 5.84 Å². The van der Waals surface area contributed by atoms with Crippen LogP contribution < -0.4 is 17.2 Å². The lowest BCUT2D eigenvalue weighted by Crippen LogP contribution is -2.38. The number of nitrogens with one attached hydrogen (secondary N) is 1. The Morgan fingerprint density at radius 2 is 1.50 bits per heavy atom. The summed E-state index contributed by atoms with van der Waals surface area (Å²) < 4.78 is 10.3. The molecule has 0 spiro atoms. The van der Waals surface area contributed by atoms with Gasteiger partial charge in [-0.1, -0.05) is 0 Å². The van der Waals surface area contributed by atoms with Crippen LogP contribution in [0.3, 0.4) is 0 Å². The van der Waals surface area contributed by atoms with Crippen molar-refractivity contribution in [3.05, 3.63) is 0 Å². The Morgan fingerprint density at radius 3 is 1.71 bits per heavy atom. The molecular weight excluding hydrogens is 184 g/mol. The molecule has 0 aromatic carbocycles. The van der Waals surface area contributed by atoms with Crippen LogP contribution >= 0.6 is 0 Å². The second-order valence-electron chi connectivity index (χ2n) is 3.41. The predicted octanol–water partition coefficient (Wildman–Crippen LogP) is -1.02. The number of amidine groups is 1. The van der Waals surface area contributed by atoms with Gasteiger partial charge in [-0.25, -0.2) is 0 Å². The van der Waals surface area contributed by atoms with E-state index in [1.165, 1.54) is 0 Å². The minimum absolute atomic E-state index is 0.115. The van der Waals surface area contributed by atoms with Gasteiger partial charge in [0.2, 0.25) is 6.29 Å². The molecule has 0 aromatic heterocycles. The van der Waals surface area contributed by atoms with E-state index in [0.717, 1.165) is 0 Å². The second-order valence-corrected chi connectivity index (χ2v) is 3.41. The fraction of sp³-hybridized carbons (Fsp3) is 0.875. The van der Waals surface area contributed by atoms with E-state index in [0.29, 0.717) is 13.2 Å². The molecule has 84 valence electrons. The molecule has 0 saturated carbocycles. The summed E-state index contributed by atoms with van der Waals surface area (Å²) in [5.41, 5.74) is 16.2. The summed E-state index contributed by atoms with van der Waals surface area (Å²) in [6.07, 6.45) is -0.841. The first kappa shape index (κ1) is 13.3. The van der Waals surface area contributed by atoms with Gasteiger partial charge in [0.25, 0.3) is 0 Å². The van der Waals surface area contributed by atoms with Gasteiger partial charge >= 0.3 is 0 Å². The van der Waals surface area contributed by atoms with Crippen LogP contribution in [0.15, 0.2) is 0 Å². The maximum Gasteiger partial charge on any atom is 0.216 e. The van der Waals surface area contributed by atoms with Crippen molar-refractivity contribution < 1.29 is 9.47 Å². The van der Waals surface area contributed by atoms with Gasteiger partial charge in [0.1, 0.15) is 5.84 Å². The van der Waals surface area contributed by atoms with Gasteiger partial charge in [-0.2, -0.15) is 0 Å². The highest BCUT2D eigenvalue weighted by atomic mass is 16.7. The fourth-order valence-corrected chi connectivity index (χ4v) is 0.706. The lowest BCUT2D eigenvalue weighted by molar-refractivity contribution is -0.104. The van der Waals surface area contributed by atoms with Gasteiger partial charge < -0.3 is 26.7 Å². The molecular formula is C8H20N4O2. The monoisotopic (exact) mass is 204 g/mol. The van der Waals surface area contributed by atoms with Crippen LogP contribution in [-0.2, 0) is 9.47 Å². The smallest absolute Gasteiger partial charge is 0.216 e. The zero-order chi connectivity index (χ0) is 11.1. The first-order chi connectivity index (χ1) is 6.43. The van der Waals surface area contributed by atoms with E-state index in [-0.39, 0.29) is 17.9 Å². The Balaban J connectivity index is 3.84. The summed E-state index contributed by atoms with van der Waals surface area (Å²) in [7, 11) is 0. The van der Waals surface area contributed by atoms with E-state index in [2.05, 4.69) is 0 Å². The van der Waals surface area contributed by atoms with Crippen molar-refractivity contribution in [2.45, 2.75) is 32.2 Å². The summed E-state index contributed by atoms with van der Waals surface area (Å²) >= 11 is 0. The van der Waals surface area contributed by atoms with Crippen molar-refractivity contribution in [2.75, 3.05) is 13.2 Å². The summed E-state index contributed by atoms with van der Waals surface area (Å²) in [6, 6.07) is -0.230. The standard InChI is InChI=1S/C8H20N4O2/c1-5(9)3-13-8(7(11)12)14-4-6(2)10/h5-6,8H,3-4,9-10H2,1-2H3,(H3,11,12). The zero-order valence-corrected chi connectivity index (χ0v) is 8.69. The topological polar surface area (TPSA) is 120 Å². The predicted molar refractivity (Wildman–Crippen MR) is 54.9 cm³/mol. The molecule has 6 nitrogen and oxygen atoms in total. The minimum Gasteiger partial charge on any atom is -0.383 e. The highest BCUT2D eigenvalue weighted by molar-refractivity contribution is 5.80. The lowest BCUT2D eigenvalue weighted by Gasteiger charge is -2.19. The molecule has 0 heterocycles. The third kappa shape index (κ3) is 6.79. The summed E-state index contributed by atoms with van der Waals surface area (Å²) in [6.45, 7) is 4.18. The molecule has 6 heteroatoms. The molecule has 0 aliphatic rings. The molecule has 7 N–H and O–H groups in total. The molecule has 0 radical (unpaired) electrons. The van der Waals surface area contributed by atoms with Crippen LogP contribution in [-0.4, -0.2) is 37.4 Å². The largest absolute Gasteiger partial charge is 0.383 e. The molecule has 2 unspecified atom stereocenters. The first-order valence-corrected chi connectivity index (χ1v) is 4.51. The SMILES string of the molecule is CC(N)COC(OCC(C)N)C(=N)N.